The molecule has 226 valence electrons. The molecule has 4 heteroatoms. The minimum Gasteiger partial charge on any atom is -0.462 e. The van der Waals surface area contributed by atoms with Crippen molar-refractivity contribution in [3.05, 3.63) is 190 Å². The molecular weight excluding hydrogens is 590 g/mol. The van der Waals surface area contributed by atoms with Gasteiger partial charge in [-0.2, -0.15) is 0 Å². The third kappa shape index (κ3) is 3.38. The maximum Gasteiger partial charge on any atom is 0.197 e. The van der Waals surface area contributed by atoms with Crippen LogP contribution in [0, 0.1) is 6.92 Å². The molecule has 7 aromatic rings. The average molecular weight is 618 g/mol. The van der Waals surface area contributed by atoms with E-state index in [9.17, 15) is 9.59 Å². The minimum atomic E-state index is -0.769. The molecule has 0 saturated heterocycles. The van der Waals surface area contributed by atoms with E-state index in [1.54, 1.807) is 30.3 Å². The summed E-state index contributed by atoms with van der Waals surface area (Å²) in [4.78, 5) is 29.3. The number of benzene rings is 6. The van der Waals surface area contributed by atoms with Gasteiger partial charge in [0.1, 0.15) is 16.9 Å². The first-order chi connectivity index (χ1) is 23.6. The molecule has 1 aromatic heterocycles. The van der Waals surface area contributed by atoms with Gasteiger partial charge in [-0.15, -0.1) is 0 Å². The molecule has 10 rings (SSSR count). The molecule has 3 aliphatic rings. The molecule has 0 fully saturated rings. The van der Waals surface area contributed by atoms with Crippen LogP contribution in [-0.4, -0.2) is 11.6 Å². The summed E-state index contributed by atoms with van der Waals surface area (Å²) < 4.78 is 6.86. The van der Waals surface area contributed by atoms with Gasteiger partial charge in [-0.25, -0.2) is 0 Å². The van der Waals surface area contributed by atoms with Crippen LogP contribution in [0.5, 0.6) is 0 Å². The number of hydrogen-bond acceptors (Lipinski definition) is 4. The van der Waals surface area contributed by atoms with Crippen LogP contribution >= 0.6 is 0 Å². The SMILES string of the molecule is Cc1cc2c(o1)C1(c3ccccc3-c3ccccc31)c1cc(C=C3C(=O)c4ccccc4C3=O)ccc1N2c1cccc2ccccc12. The van der Waals surface area contributed by atoms with Gasteiger partial charge in [0.25, 0.3) is 0 Å². The highest BCUT2D eigenvalue weighted by molar-refractivity contribution is 6.41. The van der Waals surface area contributed by atoms with Crippen molar-refractivity contribution in [1.82, 2.24) is 0 Å². The number of allylic oxidation sites excluding steroid dienone is 1. The van der Waals surface area contributed by atoms with Crippen molar-refractivity contribution < 1.29 is 14.0 Å². The highest BCUT2D eigenvalue weighted by atomic mass is 16.3. The molecule has 2 heterocycles. The van der Waals surface area contributed by atoms with Crippen LogP contribution in [0.2, 0.25) is 0 Å². The molecule has 4 nitrogen and oxygen atoms in total. The molecule has 0 radical (unpaired) electrons. The van der Waals surface area contributed by atoms with Crippen molar-refractivity contribution in [2.75, 3.05) is 4.90 Å². The quantitative estimate of drug-likeness (QED) is 0.143. The normalized spacial score (nSPS) is 14.9. The van der Waals surface area contributed by atoms with Gasteiger partial charge >= 0.3 is 0 Å². The van der Waals surface area contributed by atoms with Gasteiger partial charge in [0.2, 0.25) is 0 Å². The van der Waals surface area contributed by atoms with Crippen LogP contribution in [0.15, 0.2) is 150 Å². The summed E-state index contributed by atoms with van der Waals surface area (Å²) in [5.74, 6) is 1.20. The lowest BCUT2D eigenvalue weighted by atomic mass is 9.67. The van der Waals surface area contributed by atoms with E-state index in [2.05, 4.69) is 114 Å². The second kappa shape index (κ2) is 9.63. The largest absolute Gasteiger partial charge is 0.462 e. The lowest BCUT2D eigenvalue weighted by Gasteiger charge is -2.42. The Labute approximate surface area is 277 Å². The Morgan fingerprint density at radius 1 is 0.562 bits per heavy atom. The molecule has 0 amide bonds. The average Bonchev–Trinajstić information content (AvgIpc) is 3.74. The highest BCUT2D eigenvalue weighted by Crippen LogP contribution is 2.64. The summed E-state index contributed by atoms with van der Waals surface area (Å²) in [7, 11) is 0. The standard InChI is InChI=1S/C44H27NO3/c1-26-23-40-43(48-26)44(35-18-8-6-14-30(35)31-15-7-9-19-36(31)44)37-25-27(24-34-41(46)32-16-4-5-17-33(32)42(34)47)21-22-39(37)45(40)38-20-10-12-28-11-2-3-13-29(28)38/h2-25H,1H3. The second-order valence-corrected chi connectivity index (χ2v) is 12.8. The summed E-state index contributed by atoms with van der Waals surface area (Å²) in [5, 5.41) is 2.28. The third-order valence-corrected chi connectivity index (χ3v) is 10.3. The molecule has 1 aliphatic heterocycles. The van der Waals surface area contributed by atoms with Gasteiger partial charge in [-0.1, -0.05) is 115 Å². The van der Waals surface area contributed by atoms with E-state index in [1.165, 1.54) is 0 Å². The van der Waals surface area contributed by atoms with E-state index in [1.807, 2.05) is 13.0 Å². The summed E-state index contributed by atoms with van der Waals surface area (Å²) in [6.45, 7) is 2.01. The molecule has 0 N–H and O–H groups in total. The summed E-state index contributed by atoms with van der Waals surface area (Å²) in [6.07, 6.45) is 1.76. The molecule has 6 aromatic carbocycles. The Hall–Kier alpha value is -6.26. The number of rotatable bonds is 2. The number of carbonyl (C=O) groups excluding carboxylic acids is 2. The van der Waals surface area contributed by atoms with Gasteiger partial charge in [-0.3, -0.25) is 9.59 Å². The Morgan fingerprint density at radius 2 is 1.17 bits per heavy atom. The molecule has 0 atom stereocenters. The molecule has 0 bridgehead atoms. The number of carbonyl (C=O) groups is 2. The fourth-order valence-corrected chi connectivity index (χ4v) is 8.33. The topological polar surface area (TPSA) is 50.5 Å². The van der Waals surface area contributed by atoms with Crippen LogP contribution in [0.4, 0.5) is 17.1 Å². The van der Waals surface area contributed by atoms with E-state index in [0.717, 1.165) is 72.7 Å². The van der Waals surface area contributed by atoms with Crippen molar-refractivity contribution in [3.63, 3.8) is 0 Å². The first-order valence-electron chi connectivity index (χ1n) is 16.2. The number of Topliss-reactive ketones (excluding diaryl/α,β-unsaturated/α-hetero) is 2. The second-order valence-electron chi connectivity index (χ2n) is 12.8. The van der Waals surface area contributed by atoms with Crippen LogP contribution < -0.4 is 4.90 Å². The first kappa shape index (κ1) is 26.9. The Bertz CT molecular complexity index is 2500. The lowest BCUT2D eigenvalue weighted by molar-refractivity contribution is 0.0990. The Balaban J connectivity index is 1.31. The predicted molar refractivity (Wildman–Crippen MR) is 190 cm³/mol. The van der Waals surface area contributed by atoms with E-state index in [0.29, 0.717) is 11.1 Å². The van der Waals surface area contributed by atoms with E-state index in [4.69, 9.17) is 4.42 Å². The zero-order valence-corrected chi connectivity index (χ0v) is 26.0. The van der Waals surface area contributed by atoms with Gasteiger partial charge in [0.15, 0.2) is 11.6 Å². The third-order valence-electron chi connectivity index (χ3n) is 10.3. The number of fused-ring (bicyclic) bond motifs is 11. The lowest BCUT2D eigenvalue weighted by Crippen LogP contribution is -2.35. The smallest absolute Gasteiger partial charge is 0.197 e. The number of nitrogens with zero attached hydrogens (tertiary/aromatic N) is 1. The maximum absolute atomic E-state index is 13.5. The summed E-state index contributed by atoms with van der Waals surface area (Å²) in [5.41, 5.74) is 9.82. The molecular formula is C44H27NO3. The van der Waals surface area contributed by atoms with Gasteiger partial charge in [0, 0.05) is 22.6 Å². The van der Waals surface area contributed by atoms with Crippen LogP contribution in [0.25, 0.3) is 28.0 Å². The molecule has 2 aliphatic carbocycles. The van der Waals surface area contributed by atoms with E-state index >= 15 is 0 Å². The summed E-state index contributed by atoms with van der Waals surface area (Å²) >= 11 is 0. The first-order valence-corrected chi connectivity index (χ1v) is 16.2. The monoisotopic (exact) mass is 617 g/mol. The van der Waals surface area contributed by atoms with Crippen molar-refractivity contribution in [3.8, 4) is 11.1 Å². The molecule has 0 saturated carbocycles. The van der Waals surface area contributed by atoms with Crippen molar-refractivity contribution in [1.29, 1.82) is 0 Å². The molecule has 48 heavy (non-hydrogen) atoms. The van der Waals surface area contributed by atoms with Crippen LogP contribution in [0.1, 0.15) is 54.5 Å². The fraction of sp³-hybridized carbons (Fsp3) is 0.0455. The van der Waals surface area contributed by atoms with Crippen LogP contribution in [0.3, 0.4) is 0 Å². The maximum atomic E-state index is 13.5. The zero-order chi connectivity index (χ0) is 32.1. The predicted octanol–water partition coefficient (Wildman–Crippen LogP) is 10.4. The van der Waals surface area contributed by atoms with Gasteiger partial charge in [-0.05, 0) is 70.0 Å². The number of ketones is 2. The van der Waals surface area contributed by atoms with Gasteiger partial charge < -0.3 is 9.32 Å². The van der Waals surface area contributed by atoms with Crippen LogP contribution in [-0.2, 0) is 5.41 Å². The highest BCUT2D eigenvalue weighted by Gasteiger charge is 2.54. The van der Waals surface area contributed by atoms with Crippen molar-refractivity contribution in [2.24, 2.45) is 0 Å². The number of hydrogen-bond donors (Lipinski definition) is 0. The zero-order valence-electron chi connectivity index (χ0n) is 26.0. The molecule has 0 unspecified atom stereocenters. The number of anilines is 3. The minimum absolute atomic E-state index is 0.189. The Kier molecular flexibility index (Phi) is 5.40. The fourth-order valence-electron chi connectivity index (χ4n) is 8.33. The van der Waals surface area contributed by atoms with E-state index in [-0.39, 0.29) is 17.1 Å². The summed E-state index contributed by atoms with van der Waals surface area (Å²) in [6, 6.07) is 47.5. The van der Waals surface area contributed by atoms with Crippen molar-refractivity contribution >= 4 is 45.5 Å². The number of furan rings is 1. The number of aryl methyl sites for hydroxylation is 1. The molecule has 1 spiro atoms. The van der Waals surface area contributed by atoms with Gasteiger partial charge in [0.05, 0.1) is 22.6 Å². The van der Waals surface area contributed by atoms with Crippen molar-refractivity contribution in [2.45, 2.75) is 12.3 Å². The Morgan fingerprint density at radius 3 is 1.88 bits per heavy atom. The van der Waals surface area contributed by atoms with E-state index < -0.39 is 5.41 Å².